The lowest BCUT2D eigenvalue weighted by Gasteiger charge is -2.18. The van der Waals surface area contributed by atoms with Crippen LogP contribution in [0.5, 0.6) is 5.75 Å². The van der Waals surface area contributed by atoms with Crippen molar-refractivity contribution in [1.29, 1.82) is 0 Å². The van der Waals surface area contributed by atoms with Crippen molar-refractivity contribution in [3.63, 3.8) is 0 Å². The molecule has 9 nitrogen and oxygen atoms in total. The monoisotopic (exact) mass is 519 g/mol. The summed E-state index contributed by atoms with van der Waals surface area (Å²) in [5.41, 5.74) is 0.881. The average Bonchev–Trinajstić information content (AvgIpc) is 3.10. The Morgan fingerprint density at radius 2 is 1.68 bits per heavy atom. The maximum Gasteiger partial charge on any atom is 0.340 e. The molecule has 0 bridgehead atoms. The second kappa shape index (κ2) is 11.0. The Balaban J connectivity index is 1.55. The van der Waals surface area contributed by atoms with Crippen LogP contribution in [-0.4, -0.2) is 35.4 Å². The van der Waals surface area contributed by atoms with Crippen molar-refractivity contribution in [2.24, 2.45) is 0 Å². The van der Waals surface area contributed by atoms with E-state index >= 15 is 0 Å². The predicted octanol–water partition coefficient (Wildman–Crippen LogP) is 4.65. The fourth-order valence-electron chi connectivity index (χ4n) is 3.61. The van der Waals surface area contributed by atoms with E-state index in [1.165, 1.54) is 30.3 Å². The number of aromatic hydroxyl groups is 1. The quantitative estimate of drug-likeness (QED) is 0.292. The Morgan fingerprint density at radius 3 is 2.43 bits per heavy atom. The number of imide groups is 1. The lowest BCUT2D eigenvalue weighted by Crippen LogP contribution is -2.33. The van der Waals surface area contributed by atoms with Crippen LogP contribution in [0.3, 0.4) is 0 Å². The number of phenols is 1. The average molecular weight is 520 g/mol. The van der Waals surface area contributed by atoms with E-state index in [2.05, 4.69) is 10.6 Å². The molecule has 1 heterocycles. The van der Waals surface area contributed by atoms with Crippen LogP contribution in [0.2, 0.25) is 0 Å². The minimum Gasteiger partial charge on any atom is -0.508 e. The van der Waals surface area contributed by atoms with Gasteiger partial charge in [0.15, 0.2) is 0 Å². The van der Waals surface area contributed by atoms with Gasteiger partial charge < -0.3 is 20.5 Å². The molecule has 0 saturated heterocycles. The Morgan fingerprint density at radius 1 is 0.946 bits per heavy atom. The molecular weight excluding hydrogens is 498 g/mol. The number of esters is 1. The number of hydrogen-bond donors (Lipinski definition) is 3. The molecule has 0 spiro atoms. The standard InChI is InChI=1S/C27H22ClN3O6/c1-2-13-37-27(36)20-11-3-4-12-21(20)31-25(34)22(28)23(26(31)35)29-17-8-5-7-16(14-17)24(33)30-18-9-6-10-19(32)15-18/h3-12,14-15,29,32H,2,13H2,1H3,(H,30,33). The molecule has 3 amide bonds. The first-order chi connectivity index (χ1) is 17.8. The Bertz CT molecular complexity index is 1430. The highest BCUT2D eigenvalue weighted by atomic mass is 35.5. The molecule has 3 aromatic rings. The number of carbonyl (C=O) groups is 4. The minimum absolute atomic E-state index is 0.00367. The zero-order valence-corrected chi connectivity index (χ0v) is 20.4. The molecule has 1 aliphatic rings. The topological polar surface area (TPSA) is 125 Å². The van der Waals surface area contributed by atoms with Gasteiger partial charge in [0.1, 0.15) is 16.5 Å². The van der Waals surface area contributed by atoms with E-state index in [0.29, 0.717) is 17.8 Å². The summed E-state index contributed by atoms with van der Waals surface area (Å²) in [5, 5.41) is 14.7. The Labute approximate surface area is 217 Å². The first kappa shape index (κ1) is 25.5. The van der Waals surface area contributed by atoms with Gasteiger partial charge in [0.25, 0.3) is 17.7 Å². The van der Waals surface area contributed by atoms with Gasteiger partial charge in [-0.05, 0) is 48.9 Å². The molecule has 10 heteroatoms. The number of phenolic OH excluding ortho intramolecular Hbond substituents is 1. The van der Waals surface area contributed by atoms with Crippen molar-refractivity contribution in [3.8, 4) is 5.75 Å². The molecule has 0 aromatic heterocycles. The number of amides is 3. The first-order valence-electron chi connectivity index (χ1n) is 11.3. The number of nitrogens with zero attached hydrogens (tertiary/aromatic N) is 1. The van der Waals surface area contributed by atoms with E-state index in [1.807, 2.05) is 6.92 Å². The number of halogens is 1. The SMILES string of the molecule is CCCOC(=O)c1ccccc1N1C(=O)C(Cl)=C(Nc2cccc(C(=O)Nc3cccc(O)c3)c2)C1=O. The number of para-hydroxylation sites is 1. The number of nitrogens with one attached hydrogen (secondary N) is 2. The van der Waals surface area contributed by atoms with E-state index in [9.17, 15) is 24.3 Å². The second-order valence-corrected chi connectivity index (χ2v) is 8.38. The summed E-state index contributed by atoms with van der Waals surface area (Å²) in [4.78, 5) is 52.2. The van der Waals surface area contributed by atoms with Gasteiger partial charge in [-0.15, -0.1) is 0 Å². The highest BCUT2D eigenvalue weighted by Gasteiger charge is 2.40. The van der Waals surface area contributed by atoms with E-state index < -0.39 is 23.7 Å². The molecule has 3 N–H and O–H groups in total. The molecule has 0 atom stereocenters. The van der Waals surface area contributed by atoms with Crippen molar-refractivity contribution in [2.45, 2.75) is 13.3 Å². The summed E-state index contributed by atoms with van der Waals surface area (Å²) in [6.45, 7) is 2.04. The van der Waals surface area contributed by atoms with Gasteiger partial charge in [0.2, 0.25) is 0 Å². The van der Waals surface area contributed by atoms with E-state index in [4.69, 9.17) is 16.3 Å². The third-order valence-electron chi connectivity index (χ3n) is 5.33. The highest BCUT2D eigenvalue weighted by molar-refractivity contribution is 6.53. The summed E-state index contributed by atoms with van der Waals surface area (Å²) < 4.78 is 5.18. The zero-order valence-electron chi connectivity index (χ0n) is 19.7. The number of rotatable bonds is 8. The van der Waals surface area contributed by atoms with Crippen LogP contribution in [0.1, 0.15) is 34.1 Å². The maximum atomic E-state index is 13.3. The Kier molecular flexibility index (Phi) is 7.55. The molecular formula is C27H22ClN3O6. The first-order valence-corrected chi connectivity index (χ1v) is 11.7. The molecule has 0 radical (unpaired) electrons. The molecule has 0 saturated carbocycles. The number of anilines is 3. The second-order valence-electron chi connectivity index (χ2n) is 8.00. The normalized spacial score (nSPS) is 13.1. The third kappa shape index (κ3) is 5.46. The van der Waals surface area contributed by atoms with Gasteiger partial charge in [-0.25, -0.2) is 9.69 Å². The van der Waals surface area contributed by atoms with Gasteiger partial charge in [-0.2, -0.15) is 0 Å². The van der Waals surface area contributed by atoms with Crippen molar-refractivity contribution >= 4 is 52.4 Å². The molecule has 0 fully saturated rings. The van der Waals surface area contributed by atoms with Crippen molar-refractivity contribution < 1.29 is 29.0 Å². The smallest absolute Gasteiger partial charge is 0.340 e. The largest absolute Gasteiger partial charge is 0.508 e. The van der Waals surface area contributed by atoms with E-state index in [1.54, 1.807) is 42.5 Å². The minimum atomic E-state index is -0.803. The van der Waals surface area contributed by atoms with Crippen molar-refractivity contribution in [3.05, 3.63) is 94.7 Å². The van der Waals surface area contributed by atoms with Gasteiger partial charge in [0.05, 0.1) is 17.9 Å². The third-order valence-corrected chi connectivity index (χ3v) is 5.68. The van der Waals surface area contributed by atoms with Gasteiger partial charge in [-0.3, -0.25) is 14.4 Å². The van der Waals surface area contributed by atoms with Crippen LogP contribution in [0.25, 0.3) is 0 Å². The molecule has 188 valence electrons. The highest BCUT2D eigenvalue weighted by Crippen LogP contribution is 2.32. The summed E-state index contributed by atoms with van der Waals surface area (Å²) in [5.74, 6) is -2.68. The van der Waals surface area contributed by atoms with Crippen LogP contribution >= 0.6 is 11.6 Å². The predicted molar refractivity (Wildman–Crippen MR) is 139 cm³/mol. The number of benzene rings is 3. The fourth-order valence-corrected chi connectivity index (χ4v) is 3.83. The molecule has 0 aliphatic carbocycles. The van der Waals surface area contributed by atoms with Crippen LogP contribution in [0, 0.1) is 0 Å². The van der Waals surface area contributed by atoms with Crippen molar-refractivity contribution in [2.75, 3.05) is 22.1 Å². The van der Waals surface area contributed by atoms with E-state index in [0.717, 1.165) is 4.90 Å². The maximum absolute atomic E-state index is 13.3. The summed E-state index contributed by atoms with van der Waals surface area (Å²) in [6, 6.07) is 18.4. The van der Waals surface area contributed by atoms with Crippen LogP contribution in [0.4, 0.5) is 17.1 Å². The van der Waals surface area contributed by atoms with Gasteiger partial charge in [-0.1, -0.05) is 42.8 Å². The number of carbonyl (C=O) groups excluding carboxylic acids is 4. The van der Waals surface area contributed by atoms with Crippen LogP contribution < -0.4 is 15.5 Å². The lowest BCUT2D eigenvalue weighted by atomic mass is 10.1. The summed E-state index contributed by atoms with van der Waals surface area (Å²) in [7, 11) is 0. The summed E-state index contributed by atoms with van der Waals surface area (Å²) >= 11 is 6.24. The zero-order chi connectivity index (χ0) is 26.5. The Hall–Kier alpha value is -4.63. The molecule has 4 rings (SSSR count). The van der Waals surface area contributed by atoms with Gasteiger partial charge >= 0.3 is 5.97 Å². The van der Waals surface area contributed by atoms with Gasteiger partial charge in [0, 0.05) is 23.0 Å². The van der Waals surface area contributed by atoms with Crippen LogP contribution in [-0.2, 0) is 14.3 Å². The summed E-state index contributed by atoms with van der Waals surface area (Å²) in [6.07, 6.45) is 0.613. The van der Waals surface area contributed by atoms with Crippen LogP contribution in [0.15, 0.2) is 83.5 Å². The molecule has 3 aromatic carbocycles. The van der Waals surface area contributed by atoms with Crippen molar-refractivity contribution in [1.82, 2.24) is 0 Å². The number of hydrogen-bond acceptors (Lipinski definition) is 7. The lowest BCUT2D eigenvalue weighted by molar-refractivity contribution is -0.120. The van der Waals surface area contributed by atoms with E-state index in [-0.39, 0.29) is 39.9 Å². The number of ether oxygens (including phenoxy) is 1. The molecule has 0 unspecified atom stereocenters. The molecule has 1 aliphatic heterocycles. The molecule has 37 heavy (non-hydrogen) atoms. The fraction of sp³-hybridized carbons (Fsp3) is 0.111.